The van der Waals surface area contributed by atoms with E-state index in [2.05, 4.69) is 14.9 Å². The minimum Gasteiger partial charge on any atom is -0.363 e. The number of morpholine rings is 1. The standard InChI is InChI=1S/C26H27FN4O2/c27-23-11-18(19-1-3-20-13-28-17-29-24(20)12-19)2-4-21(23)14-30-9-7-26(8-10-30)16-31(22-5-6-22)25(32)15-33-26/h1-4,11-13,17,22H,5-10,14-16H2. The SMILES string of the molecule is O=C1COC2(CCN(Cc3ccc(-c4ccc5cncnc5c4)cc3F)CC2)CN1C1CC1. The molecule has 2 saturated heterocycles. The van der Waals surface area contributed by atoms with Crippen molar-refractivity contribution in [3.05, 3.63) is 60.3 Å². The first kappa shape index (κ1) is 20.7. The van der Waals surface area contributed by atoms with Crippen LogP contribution in [0.15, 0.2) is 48.9 Å². The summed E-state index contributed by atoms with van der Waals surface area (Å²) in [5.74, 6) is -0.0541. The van der Waals surface area contributed by atoms with E-state index in [1.807, 2.05) is 35.2 Å². The van der Waals surface area contributed by atoms with Crippen molar-refractivity contribution in [1.82, 2.24) is 19.8 Å². The van der Waals surface area contributed by atoms with Gasteiger partial charge in [0.15, 0.2) is 0 Å². The quantitative estimate of drug-likeness (QED) is 0.610. The van der Waals surface area contributed by atoms with Crippen molar-refractivity contribution in [2.24, 2.45) is 0 Å². The molecule has 0 atom stereocenters. The summed E-state index contributed by atoms with van der Waals surface area (Å²) in [6, 6.07) is 11.8. The Bertz CT molecular complexity index is 1200. The zero-order valence-corrected chi connectivity index (χ0v) is 18.5. The first-order valence-electron chi connectivity index (χ1n) is 11.7. The van der Waals surface area contributed by atoms with Crippen LogP contribution in [0.25, 0.3) is 22.0 Å². The minimum atomic E-state index is -0.227. The second kappa shape index (κ2) is 8.15. The maximum atomic E-state index is 15.0. The fourth-order valence-electron chi connectivity index (χ4n) is 5.13. The number of amides is 1. The summed E-state index contributed by atoms with van der Waals surface area (Å²) in [7, 11) is 0. The Balaban J connectivity index is 1.12. The largest absolute Gasteiger partial charge is 0.363 e. The van der Waals surface area contributed by atoms with E-state index >= 15 is 4.39 Å². The van der Waals surface area contributed by atoms with E-state index < -0.39 is 0 Å². The fourth-order valence-corrected chi connectivity index (χ4v) is 5.13. The van der Waals surface area contributed by atoms with E-state index in [1.165, 1.54) is 6.33 Å². The van der Waals surface area contributed by atoms with Gasteiger partial charge in [0.2, 0.25) is 5.91 Å². The predicted octanol–water partition coefficient (Wildman–Crippen LogP) is 3.79. The fraction of sp³-hybridized carbons (Fsp3) is 0.423. The van der Waals surface area contributed by atoms with Crippen molar-refractivity contribution >= 4 is 16.8 Å². The van der Waals surface area contributed by atoms with Gasteiger partial charge in [-0.2, -0.15) is 0 Å². The Hall–Kier alpha value is -2.90. The summed E-state index contributed by atoms with van der Waals surface area (Å²) >= 11 is 0. The van der Waals surface area contributed by atoms with Crippen LogP contribution in [0.3, 0.4) is 0 Å². The second-order valence-electron chi connectivity index (χ2n) is 9.60. The lowest BCUT2D eigenvalue weighted by Gasteiger charge is -2.47. The Kier molecular flexibility index (Phi) is 5.11. The van der Waals surface area contributed by atoms with Crippen molar-refractivity contribution in [3.8, 4) is 11.1 Å². The highest BCUT2D eigenvalue weighted by Crippen LogP contribution is 2.36. The number of carbonyl (C=O) groups is 1. The Labute approximate surface area is 192 Å². The molecule has 2 aliphatic heterocycles. The first-order chi connectivity index (χ1) is 16.1. The molecule has 6 nitrogen and oxygen atoms in total. The predicted molar refractivity (Wildman–Crippen MR) is 123 cm³/mol. The summed E-state index contributed by atoms with van der Waals surface area (Å²) in [5.41, 5.74) is 3.11. The summed E-state index contributed by atoms with van der Waals surface area (Å²) < 4.78 is 21.1. The van der Waals surface area contributed by atoms with Gasteiger partial charge in [0.05, 0.1) is 17.7 Å². The maximum Gasteiger partial charge on any atom is 0.248 e. The molecule has 33 heavy (non-hydrogen) atoms. The van der Waals surface area contributed by atoms with Crippen LogP contribution in [0.2, 0.25) is 0 Å². The van der Waals surface area contributed by atoms with Crippen LogP contribution in [0.5, 0.6) is 0 Å². The molecule has 1 spiro atoms. The zero-order valence-electron chi connectivity index (χ0n) is 18.5. The lowest BCUT2D eigenvalue weighted by Crippen LogP contribution is -2.59. The molecule has 1 saturated carbocycles. The minimum absolute atomic E-state index is 0.131. The van der Waals surface area contributed by atoms with Crippen LogP contribution in [0.1, 0.15) is 31.2 Å². The van der Waals surface area contributed by atoms with Crippen LogP contribution >= 0.6 is 0 Å². The molecule has 3 aliphatic rings. The van der Waals surface area contributed by atoms with Crippen molar-refractivity contribution in [2.75, 3.05) is 26.2 Å². The molecule has 6 rings (SSSR count). The average molecular weight is 447 g/mol. The number of hydrogen-bond donors (Lipinski definition) is 0. The molecule has 170 valence electrons. The monoisotopic (exact) mass is 446 g/mol. The highest BCUT2D eigenvalue weighted by atomic mass is 19.1. The molecule has 0 unspecified atom stereocenters. The maximum absolute atomic E-state index is 15.0. The average Bonchev–Trinajstić information content (AvgIpc) is 3.69. The molecule has 3 aromatic rings. The molecule has 3 heterocycles. The van der Waals surface area contributed by atoms with E-state index in [0.717, 1.165) is 60.8 Å². The van der Waals surface area contributed by atoms with Gasteiger partial charge in [0, 0.05) is 42.8 Å². The zero-order chi connectivity index (χ0) is 22.4. The smallest absolute Gasteiger partial charge is 0.248 e. The van der Waals surface area contributed by atoms with Crippen molar-refractivity contribution in [1.29, 1.82) is 0 Å². The van der Waals surface area contributed by atoms with Crippen molar-refractivity contribution in [3.63, 3.8) is 0 Å². The van der Waals surface area contributed by atoms with E-state index in [9.17, 15) is 4.79 Å². The van der Waals surface area contributed by atoms with Gasteiger partial charge in [-0.3, -0.25) is 9.69 Å². The summed E-state index contributed by atoms with van der Waals surface area (Å²) in [6.07, 6.45) is 7.30. The molecule has 0 radical (unpaired) electrons. The van der Waals surface area contributed by atoms with E-state index in [4.69, 9.17) is 4.74 Å². The number of fused-ring (bicyclic) bond motifs is 1. The molecule has 1 amide bonds. The number of rotatable bonds is 4. The lowest BCUT2D eigenvalue weighted by molar-refractivity contribution is -0.172. The third-order valence-corrected chi connectivity index (χ3v) is 7.32. The number of carbonyl (C=O) groups excluding carboxylic acids is 1. The molecule has 0 N–H and O–H groups in total. The van der Waals surface area contributed by atoms with Crippen LogP contribution in [-0.4, -0.2) is 63.6 Å². The third kappa shape index (κ3) is 4.11. The highest BCUT2D eigenvalue weighted by Gasteiger charge is 2.46. The molecule has 7 heteroatoms. The molecule has 0 bridgehead atoms. The topological polar surface area (TPSA) is 58.6 Å². The molecular weight excluding hydrogens is 419 g/mol. The van der Waals surface area contributed by atoms with Crippen molar-refractivity contribution in [2.45, 2.75) is 43.9 Å². The summed E-state index contributed by atoms with van der Waals surface area (Å²) in [4.78, 5) is 24.8. The summed E-state index contributed by atoms with van der Waals surface area (Å²) in [6.45, 7) is 3.19. The third-order valence-electron chi connectivity index (χ3n) is 7.32. The van der Waals surface area contributed by atoms with Crippen LogP contribution in [-0.2, 0) is 16.1 Å². The van der Waals surface area contributed by atoms with Crippen molar-refractivity contribution < 1.29 is 13.9 Å². The number of nitrogens with zero attached hydrogens (tertiary/aromatic N) is 4. The number of halogens is 1. The summed E-state index contributed by atoms with van der Waals surface area (Å²) in [5, 5.41) is 0.966. The van der Waals surface area contributed by atoms with Gasteiger partial charge in [0.1, 0.15) is 18.8 Å². The Morgan fingerprint density at radius 3 is 2.67 bits per heavy atom. The number of ether oxygens (including phenoxy) is 1. The van der Waals surface area contributed by atoms with E-state index in [-0.39, 0.29) is 23.9 Å². The van der Waals surface area contributed by atoms with Gasteiger partial charge in [-0.1, -0.05) is 24.3 Å². The van der Waals surface area contributed by atoms with Crippen LogP contribution in [0, 0.1) is 5.82 Å². The van der Waals surface area contributed by atoms with Crippen LogP contribution < -0.4 is 0 Å². The van der Waals surface area contributed by atoms with Gasteiger partial charge >= 0.3 is 0 Å². The number of likely N-dealkylation sites (tertiary alicyclic amines) is 1. The normalized spacial score (nSPS) is 21.1. The molecule has 2 aromatic carbocycles. The van der Waals surface area contributed by atoms with Crippen LogP contribution in [0.4, 0.5) is 4.39 Å². The Morgan fingerprint density at radius 1 is 1.09 bits per heavy atom. The van der Waals surface area contributed by atoms with Gasteiger partial charge in [0.25, 0.3) is 0 Å². The number of benzene rings is 2. The number of aromatic nitrogens is 2. The van der Waals surface area contributed by atoms with Gasteiger partial charge in [-0.25, -0.2) is 14.4 Å². The first-order valence-corrected chi connectivity index (χ1v) is 11.7. The van der Waals surface area contributed by atoms with E-state index in [0.29, 0.717) is 24.7 Å². The molecule has 1 aliphatic carbocycles. The van der Waals surface area contributed by atoms with Gasteiger partial charge in [-0.15, -0.1) is 0 Å². The Morgan fingerprint density at radius 2 is 1.88 bits per heavy atom. The van der Waals surface area contributed by atoms with E-state index in [1.54, 1.807) is 12.3 Å². The molecule has 3 fully saturated rings. The molecule has 1 aromatic heterocycles. The molecular formula is C26H27FN4O2. The lowest BCUT2D eigenvalue weighted by atomic mass is 9.89. The van der Waals surface area contributed by atoms with Gasteiger partial charge in [-0.05, 0) is 48.9 Å². The highest BCUT2D eigenvalue weighted by molar-refractivity contribution is 5.83. The number of hydrogen-bond acceptors (Lipinski definition) is 5. The second-order valence-corrected chi connectivity index (χ2v) is 9.60. The number of piperidine rings is 1. The van der Waals surface area contributed by atoms with Gasteiger partial charge < -0.3 is 9.64 Å².